The molecule has 3 heterocycles. The Morgan fingerprint density at radius 2 is 1.79 bits per heavy atom. The number of guanidine groups is 1. The van der Waals surface area contributed by atoms with Gasteiger partial charge in [0.25, 0.3) is 0 Å². The van der Waals surface area contributed by atoms with Gasteiger partial charge in [-0.25, -0.2) is 4.99 Å². The summed E-state index contributed by atoms with van der Waals surface area (Å²) in [6.45, 7) is 10.9. The van der Waals surface area contributed by atoms with Gasteiger partial charge in [0.05, 0.1) is 18.3 Å². The number of aliphatic imine (C=N–C) groups is 1. The molecular formula is C26H37IN6O. The van der Waals surface area contributed by atoms with Crippen molar-refractivity contribution >= 4 is 35.8 Å². The van der Waals surface area contributed by atoms with Crippen LogP contribution in [0.4, 0.5) is 0 Å². The van der Waals surface area contributed by atoms with Crippen LogP contribution in [-0.2, 0) is 11.3 Å². The number of benzene rings is 1. The van der Waals surface area contributed by atoms with Gasteiger partial charge in [0.15, 0.2) is 5.96 Å². The molecule has 2 aliphatic rings. The molecule has 2 aromatic rings. The summed E-state index contributed by atoms with van der Waals surface area (Å²) in [6.07, 6.45) is 4.10. The van der Waals surface area contributed by atoms with E-state index in [1.165, 1.54) is 0 Å². The van der Waals surface area contributed by atoms with Crippen molar-refractivity contribution in [1.29, 1.82) is 0 Å². The molecule has 8 heteroatoms. The molecule has 1 amide bonds. The Hall–Kier alpha value is -2.20. The second kappa shape index (κ2) is 13.0. The highest BCUT2D eigenvalue weighted by Crippen LogP contribution is 2.18. The van der Waals surface area contributed by atoms with Crippen LogP contribution in [0.15, 0.2) is 53.7 Å². The number of pyridine rings is 1. The number of halogens is 1. The first kappa shape index (κ1) is 26.4. The molecule has 0 bridgehead atoms. The third-order valence-electron chi connectivity index (χ3n) is 6.57. The molecule has 0 radical (unpaired) electrons. The Morgan fingerprint density at radius 3 is 2.47 bits per heavy atom. The Bertz CT molecular complexity index is 939. The van der Waals surface area contributed by atoms with Crippen molar-refractivity contribution in [3.8, 4) is 11.3 Å². The summed E-state index contributed by atoms with van der Waals surface area (Å²) in [6, 6.07) is 14.4. The number of aromatic nitrogens is 1. The topological polar surface area (TPSA) is 64.1 Å². The van der Waals surface area contributed by atoms with Crippen LogP contribution in [-0.4, -0.2) is 83.4 Å². The highest BCUT2D eigenvalue weighted by atomic mass is 127. The van der Waals surface area contributed by atoms with Crippen LogP contribution >= 0.6 is 24.0 Å². The zero-order valence-corrected chi connectivity index (χ0v) is 22.7. The Balaban J connectivity index is 0.00000324. The number of carbonyl (C=O) groups is 1. The number of piperazine rings is 1. The highest BCUT2D eigenvalue weighted by Gasteiger charge is 2.30. The van der Waals surface area contributed by atoms with E-state index in [0.29, 0.717) is 6.54 Å². The smallest absolute Gasteiger partial charge is 0.239 e. The van der Waals surface area contributed by atoms with E-state index in [9.17, 15) is 4.79 Å². The fourth-order valence-electron chi connectivity index (χ4n) is 4.63. The second-order valence-corrected chi connectivity index (χ2v) is 8.82. The highest BCUT2D eigenvalue weighted by molar-refractivity contribution is 14.0. The summed E-state index contributed by atoms with van der Waals surface area (Å²) in [4.78, 5) is 28.8. The van der Waals surface area contributed by atoms with Crippen molar-refractivity contribution in [2.75, 3.05) is 45.8 Å². The summed E-state index contributed by atoms with van der Waals surface area (Å²) in [5.74, 6) is 1.23. The molecule has 2 aliphatic heterocycles. The van der Waals surface area contributed by atoms with Crippen molar-refractivity contribution < 1.29 is 4.79 Å². The first-order valence-electron chi connectivity index (χ1n) is 12.2. The zero-order valence-electron chi connectivity index (χ0n) is 20.3. The summed E-state index contributed by atoms with van der Waals surface area (Å²) in [7, 11) is 0. The molecule has 1 aromatic heterocycles. The minimum Gasteiger partial charge on any atom is -0.357 e. The first-order valence-corrected chi connectivity index (χ1v) is 12.2. The number of rotatable bonds is 6. The third-order valence-corrected chi connectivity index (χ3v) is 6.57. The maximum absolute atomic E-state index is 12.8. The lowest BCUT2D eigenvalue weighted by atomic mass is 10.1. The normalized spacial score (nSPS) is 17.9. The van der Waals surface area contributed by atoms with Gasteiger partial charge in [-0.3, -0.25) is 14.7 Å². The maximum Gasteiger partial charge on any atom is 0.239 e. The molecule has 7 nitrogen and oxygen atoms in total. The SMILES string of the molecule is CCNC(=NCc1cccc(-c2ccccn2)c1)N1CCN(C(C)C(=O)N2CCCC2)CC1.I. The van der Waals surface area contributed by atoms with Gasteiger partial charge in [-0.2, -0.15) is 0 Å². The molecule has 1 aromatic carbocycles. The van der Waals surface area contributed by atoms with Crippen molar-refractivity contribution in [3.05, 3.63) is 54.2 Å². The lowest BCUT2D eigenvalue weighted by Gasteiger charge is -2.39. The van der Waals surface area contributed by atoms with Gasteiger partial charge in [0.1, 0.15) is 0 Å². The van der Waals surface area contributed by atoms with E-state index in [2.05, 4.69) is 58.2 Å². The Morgan fingerprint density at radius 1 is 1.03 bits per heavy atom. The fourth-order valence-corrected chi connectivity index (χ4v) is 4.63. The monoisotopic (exact) mass is 576 g/mol. The number of amides is 1. The number of nitrogens with zero attached hydrogens (tertiary/aromatic N) is 5. The summed E-state index contributed by atoms with van der Waals surface area (Å²) >= 11 is 0. The molecule has 1 unspecified atom stereocenters. The molecule has 4 rings (SSSR count). The van der Waals surface area contributed by atoms with Crippen LogP contribution in [0, 0.1) is 0 Å². The maximum atomic E-state index is 12.8. The predicted octanol–water partition coefficient (Wildman–Crippen LogP) is 3.46. The van der Waals surface area contributed by atoms with Gasteiger partial charge >= 0.3 is 0 Å². The number of hydrogen-bond donors (Lipinski definition) is 1. The lowest BCUT2D eigenvalue weighted by Crippen LogP contribution is -2.57. The van der Waals surface area contributed by atoms with Crippen molar-refractivity contribution in [2.45, 2.75) is 39.3 Å². The quantitative estimate of drug-likeness (QED) is 0.325. The second-order valence-electron chi connectivity index (χ2n) is 8.82. The molecule has 2 saturated heterocycles. The Labute approximate surface area is 220 Å². The van der Waals surface area contributed by atoms with E-state index in [-0.39, 0.29) is 35.9 Å². The average molecular weight is 577 g/mol. The molecule has 0 spiro atoms. The van der Waals surface area contributed by atoms with E-state index in [0.717, 1.165) is 81.4 Å². The number of nitrogens with one attached hydrogen (secondary N) is 1. The van der Waals surface area contributed by atoms with Crippen LogP contribution < -0.4 is 5.32 Å². The number of hydrogen-bond acceptors (Lipinski definition) is 4. The largest absolute Gasteiger partial charge is 0.357 e. The van der Waals surface area contributed by atoms with Crippen molar-refractivity contribution in [3.63, 3.8) is 0 Å². The van der Waals surface area contributed by atoms with Gasteiger partial charge in [-0.1, -0.05) is 24.3 Å². The van der Waals surface area contributed by atoms with Crippen LogP contribution in [0.3, 0.4) is 0 Å². The van der Waals surface area contributed by atoms with Crippen LogP contribution in [0.25, 0.3) is 11.3 Å². The van der Waals surface area contributed by atoms with E-state index >= 15 is 0 Å². The summed E-state index contributed by atoms with van der Waals surface area (Å²) < 4.78 is 0. The average Bonchev–Trinajstić information content (AvgIpc) is 3.42. The molecule has 34 heavy (non-hydrogen) atoms. The van der Waals surface area contributed by atoms with Gasteiger partial charge in [0, 0.05) is 57.6 Å². The molecule has 1 atom stereocenters. The molecule has 0 aliphatic carbocycles. The number of carbonyl (C=O) groups excluding carboxylic acids is 1. The summed E-state index contributed by atoms with van der Waals surface area (Å²) in [5.41, 5.74) is 3.25. The minimum absolute atomic E-state index is 0. The molecule has 0 saturated carbocycles. The minimum atomic E-state index is -0.0425. The predicted molar refractivity (Wildman–Crippen MR) is 148 cm³/mol. The molecule has 184 valence electrons. The number of likely N-dealkylation sites (tertiary alicyclic amines) is 1. The van der Waals surface area contributed by atoms with Crippen molar-refractivity contribution in [2.24, 2.45) is 4.99 Å². The van der Waals surface area contributed by atoms with E-state index in [4.69, 9.17) is 4.99 Å². The van der Waals surface area contributed by atoms with Crippen LogP contribution in [0.2, 0.25) is 0 Å². The third kappa shape index (κ3) is 6.69. The lowest BCUT2D eigenvalue weighted by molar-refractivity contribution is -0.135. The van der Waals surface area contributed by atoms with Crippen LogP contribution in [0.5, 0.6) is 0 Å². The summed E-state index contributed by atoms with van der Waals surface area (Å²) in [5, 5.41) is 3.45. The fraction of sp³-hybridized carbons (Fsp3) is 0.500. The standard InChI is InChI=1S/C26H36N6O.HI/c1-3-27-26(29-20-22-9-8-10-23(19-22)24-11-4-5-12-28-24)32-17-15-30(16-18-32)21(2)25(33)31-13-6-7-14-31;/h4-5,8-12,19,21H,3,6-7,13-18,20H2,1-2H3,(H,27,29);1H. The van der Waals surface area contributed by atoms with E-state index < -0.39 is 0 Å². The van der Waals surface area contributed by atoms with E-state index in [1.54, 1.807) is 0 Å². The zero-order chi connectivity index (χ0) is 23.0. The van der Waals surface area contributed by atoms with E-state index in [1.807, 2.05) is 29.3 Å². The Kier molecular flexibility index (Phi) is 10.1. The molecule has 2 fully saturated rings. The molecular weight excluding hydrogens is 539 g/mol. The first-order chi connectivity index (χ1) is 16.2. The molecule has 1 N–H and O–H groups in total. The van der Waals surface area contributed by atoms with Gasteiger partial charge in [-0.05, 0) is 50.5 Å². The van der Waals surface area contributed by atoms with Crippen LogP contribution in [0.1, 0.15) is 32.3 Å². The van der Waals surface area contributed by atoms with Crippen molar-refractivity contribution in [1.82, 2.24) is 25.0 Å². The van der Waals surface area contributed by atoms with Gasteiger partial charge in [-0.15, -0.1) is 24.0 Å². The van der Waals surface area contributed by atoms with Gasteiger partial charge < -0.3 is 15.1 Å². The van der Waals surface area contributed by atoms with Gasteiger partial charge in [0.2, 0.25) is 5.91 Å².